The number of aromatic nitrogens is 4. The number of nitrogens with zero attached hydrogens (tertiary/aromatic N) is 5. The normalized spacial score (nSPS) is 16.6. The Morgan fingerprint density at radius 3 is 2.43 bits per heavy atom. The first-order valence-corrected chi connectivity index (χ1v) is 6.65. The van der Waals surface area contributed by atoms with Gasteiger partial charge in [0.2, 0.25) is 0 Å². The van der Waals surface area contributed by atoms with Gasteiger partial charge in [0.25, 0.3) is 0 Å². The van der Waals surface area contributed by atoms with E-state index in [4.69, 9.17) is 0 Å². The molecule has 1 aliphatic rings. The summed E-state index contributed by atoms with van der Waals surface area (Å²) in [4.78, 5) is 2.40. The highest BCUT2D eigenvalue weighted by molar-refractivity contribution is 5.85. The van der Waals surface area contributed by atoms with Crippen molar-refractivity contribution in [3.8, 4) is 5.69 Å². The van der Waals surface area contributed by atoms with Crippen LogP contribution in [0.1, 0.15) is 18.8 Å². The zero-order valence-corrected chi connectivity index (χ0v) is 13.5. The van der Waals surface area contributed by atoms with Crippen LogP contribution in [0.4, 0.5) is 0 Å². The fraction of sp³-hybridized carbons (Fsp3) is 0.462. The molecule has 6 nitrogen and oxygen atoms in total. The molecule has 0 amide bonds. The van der Waals surface area contributed by atoms with Crippen molar-refractivity contribution in [3.63, 3.8) is 0 Å². The van der Waals surface area contributed by atoms with Crippen molar-refractivity contribution in [3.05, 3.63) is 36.2 Å². The van der Waals surface area contributed by atoms with E-state index in [1.165, 1.54) is 0 Å². The average molecular weight is 331 g/mol. The molecule has 21 heavy (non-hydrogen) atoms. The zero-order chi connectivity index (χ0) is 13.1. The first-order valence-electron chi connectivity index (χ1n) is 6.65. The summed E-state index contributed by atoms with van der Waals surface area (Å²) in [5.41, 5.74) is 1.00. The lowest BCUT2D eigenvalue weighted by Gasteiger charge is -2.31. The molecule has 1 atom stereocenters. The number of benzene rings is 1. The van der Waals surface area contributed by atoms with Crippen molar-refractivity contribution in [2.75, 3.05) is 26.2 Å². The molecule has 3 rings (SSSR count). The maximum absolute atomic E-state index is 4.21. The van der Waals surface area contributed by atoms with Crippen molar-refractivity contribution in [2.45, 2.75) is 13.0 Å². The molecule has 0 radical (unpaired) electrons. The monoisotopic (exact) mass is 330 g/mol. The highest BCUT2D eigenvalue weighted by Crippen LogP contribution is 2.20. The topological polar surface area (TPSA) is 58.9 Å². The van der Waals surface area contributed by atoms with E-state index in [0.717, 1.165) is 37.7 Å². The van der Waals surface area contributed by atoms with Crippen LogP contribution in [-0.2, 0) is 0 Å². The number of tetrazole rings is 1. The fourth-order valence-electron chi connectivity index (χ4n) is 2.44. The molecule has 1 aromatic heterocycles. The molecule has 1 aromatic carbocycles. The average Bonchev–Trinajstić information content (AvgIpc) is 2.98. The molecule has 2 heterocycles. The molecule has 116 valence electrons. The third kappa shape index (κ3) is 3.91. The number of para-hydroxylation sites is 1. The summed E-state index contributed by atoms with van der Waals surface area (Å²) in [7, 11) is 0. The van der Waals surface area contributed by atoms with Gasteiger partial charge in [-0.15, -0.1) is 29.9 Å². The van der Waals surface area contributed by atoms with Gasteiger partial charge < -0.3 is 5.32 Å². The molecule has 0 aliphatic carbocycles. The van der Waals surface area contributed by atoms with Crippen molar-refractivity contribution in [2.24, 2.45) is 0 Å². The van der Waals surface area contributed by atoms with E-state index in [1.54, 1.807) is 0 Å². The van der Waals surface area contributed by atoms with Crippen molar-refractivity contribution < 1.29 is 0 Å². The minimum absolute atomic E-state index is 0. The highest BCUT2D eigenvalue weighted by atomic mass is 35.5. The summed E-state index contributed by atoms with van der Waals surface area (Å²) in [6.45, 7) is 6.27. The third-order valence-corrected chi connectivity index (χ3v) is 3.57. The lowest BCUT2D eigenvalue weighted by atomic mass is 10.2. The van der Waals surface area contributed by atoms with E-state index in [2.05, 4.69) is 32.7 Å². The van der Waals surface area contributed by atoms with Gasteiger partial charge in [-0.1, -0.05) is 18.2 Å². The van der Waals surface area contributed by atoms with E-state index < -0.39 is 0 Å². The Hall–Kier alpha value is -1.21. The van der Waals surface area contributed by atoms with Crippen molar-refractivity contribution >= 4 is 24.8 Å². The first kappa shape index (κ1) is 17.8. The number of rotatable bonds is 3. The molecule has 0 saturated carbocycles. The zero-order valence-electron chi connectivity index (χ0n) is 11.8. The third-order valence-electron chi connectivity index (χ3n) is 3.57. The van der Waals surface area contributed by atoms with E-state index in [-0.39, 0.29) is 30.9 Å². The molecule has 1 aliphatic heterocycles. The van der Waals surface area contributed by atoms with Gasteiger partial charge in [0, 0.05) is 26.2 Å². The van der Waals surface area contributed by atoms with Crippen molar-refractivity contribution in [1.82, 2.24) is 30.4 Å². The minimum Gasteiger partial charge on any atom is -0.314 e. The van der Waals surface area contributed by atoms with Gasteiger partial charge in [-0.2, -0.15) is 4.68 Å². The van der Waals surface area contributed by atoms with Crippen LogP contribution in [0, 0.1) is 0 Å². The summed E-state index contributed by atoms with van der Waals surface area (Å²) in [5.74, 6) is 0.896. The van der Waals surface area contributed by atoms with Crippen LogP contribution in [0.3, 0.4) is 0 Å². The molecule has 1 unspecified atom stereocenters. The van der Waals surface area contributed by atoms with Gasteiger partial charge in [0.05, 0.1) is 11.7 Å². The molecule has 0 bridgehead atoms. The summed E-state index contributed by atoms with van der Waals surface area (Å²) < 4.78 is 1.83. The highest BCUT2D eigenvalue weighted by Gasteiger charge is 2.23. The van der Waals surface area contributed by atoms with Gasteiger partial charge in [0.1, 0.15) is 0 Å². The molecular weight excluding hydrogens is 311 g/mol. The number of nitrogens with one attached hydrogen (secondary N) is 1. The molecule has 0 spiro atoms. The smallest absolute Gasteiger partial charge is 0.173 e. The molecule has 1 fully saturated rings. The SMILES string of the molecule is CC(c1nnnn1-c1ccccc1)N1CCNCC1.Cl.Cl. The lowest BCUT2D eigenvalue weighted by Crippen LogP contribution is -2.45. The second kappa shape index (κ2) is 8.29. The summed E-state index contributed by atoms with van der Waals surface area (Å²) in [5, 5.41) is 15.5. The minimum atomic E-state index is 0. The van der Waals surface area contributed by atoms with E-state index in [9.17, 15) is 0 Å². The summed E-state index contributed by atoms with van der Waals surface area (Å²) in [6.07, 6.45) is 0. The predicted octanol–water partition coefficient (Wildman–Crippen LogP) is 1.47. The van der Waals surface area contributed by atoms with Gasteiger partial charge in [-0.05, 0) is 29.5 Å². The summed E-state index contributed by atoms with van der Waals surface area (Å²) in [6, 6.07) is 10.2. The van der Waals surface area contributed by atoms with E-state index in [0.29, 0.717) is 0 Å². The lowest BCUT2D eigenvalue weighted by molar-refractivity contribution is 0.177. The quantitative estimate of drug-likeness (QED) is 0.923. The Labute approximate surface area is 136 Å². The second-order valence-electron chi connectivity index (χ2n) is 4.75. The molecule has 1 saturated heterocycles. The first-order chi connectivity index (χ1) is 9.36. The van der Waals surface area contributed by atoms with Gasteiger partial charge in [0.15, 0.2) is 5.82 Å². The predicted molar refractivity (Wildman–Crippen MR) is 86.5 cm³/mol. The van der Waals surface area contributed by atoms with Crippen LogP contribution >= 0.6 is 24.8 Å². The van der Waals surface area contributed by atoms with Gasteiger partial charge in [-0.25, -0.2) is 0 Å². The molecular formula is C13H20Cl2N6. The molecule has 1 N–H and O–H groups in total. The van der Waals surface area contributed by atoms with E-state index in [1.807, 2.05) is 35.0 Å². The van der Waals surface area contributed by atoms with Crippen LogP contribution in [-0.4, -0.2) is 51.3 Å². The van der Waals surface area contributed by atoms with Crippen molar-refractivity contribution in [1.29, 1.82) is 0 Å². The number of hydrogen-bond acceptors (Lipinski definition) is 5. The Morgan fingerprint density at radius 2 is 1.76 bits per heavy atom. The maximum Gasteiger partial charge on any atom is 0.173 e. The molecule has 8 heteroatoms. The Bertz CT molecular complexity index is 526. The van der Waals surface area contributed by atoms with E-state index >= 15 is 0 Å². The van der Waals surface area contributed by atoms with Gasteiger partial charge >= 0.3 is 0 Å². The molecule has 2 aromatic rings. The van der Waals surface area contributed by atoms with Crippen LogP contribution in [0.5, 0.6) is 0 Å². The standard InChI is InChI=1S/C13H18N6.2ClH/c1-11(18-9-7-14-8-10-18)13-15-16-17-19(13)12-5-3-2-4-6-12;;/h2-6,11,14H,7-10H2,1H3;2*1H. The summed E-state index contributed by atoms with van der Waals surface area (Å²) >= 11 is 0. The Kier molecular flexibility index (Phi) is 7.04. The Morgan fingerprint density at radius 1 is 1.10 bits per heavy atom. The number of halogens is 2. The number of hydrogen-bond donors (Lipinski definition) is 1. The maximum atomic E-state index is 4.21. The van der Waals surface area contributed by atoms with Crippen LogP contribution in [0.25, 0.3) is 5.69 Å². The Balaban J connectivity index is 0.00000110. The number of piperazine rings is 1. The second-order valence-corrected chi connectivity index (χ2v) is 4.75. The fourth-order valence-corrected chi connectivity index (χ4v) is 2.44. The van der Waals surface area contributed by atoms with Gasteiger partial charge in [-0.3, -0.25) is 4.90 Å². The van der Waals surface area contributed by atoms with Crippen LogP contribution in [0.2, 0.25) is 0 Å². The van der Waals surface area contributed by atoms with Crippen LogP contribution in [0.15, 0.2) is 30.3 Å². The van der Waals surface area contributed by atoms with Crippen LogP contribution < -0.4 is 5.32 Å². The largest absolute Gasteiger partial charge is 0.314 e.